The molecule has 1 aromatic carbocycles. The molecule has 0 saturated heterocycles. The zero-order chi connectivity index (χ0) is 17.5. The van der Waals surface area contributed by atoms with Gasteiger partial charge in [-0.25, -0.2) is 14.5 Å². The Kier molecular flexibility index (Phi) is 7.51. The van der Waals surface area contributed by atoms with Gasteiger partial charge in [0.15, 0.2) is 0 Å². The normalized spacial score (nSPS) is 11.0. The number of carbonyl (C=O) groups excluding carboxylic acids is 2. The molecule has 0 atom stereocenters. The predicted molar refractivity (Wildman–Crippen MR) is 93.2 cm³/mol. The Balaban J connectivity index is 2.55. The molecule has 128 valence electrons. The van der Waals surface area contributed by atoms with Crippen LogP contribution in [0.25, 0.3) is 0 Å². The Morgan fingerprint density at radius 2 is 2.04 bits per heavy atom. The monoisotopic (exact) mass is 385 g/mol. The van der Waals surface area contributed by atoms with Crippen molar-refractivity contribution >= 4 is 28.1 Å². The van der Waals surface area contributed by atoms with Gasteiger partial charge < -0.3 is 15.8 Å². The van der Waals surface area contributed by atoms with E-state index in [9.17, 15) is 9.59 Å². The number of nitrogens with zero attached hydrogens (tertiary/aromatic N) is 1. The van der Waals surface area contributed by atoms with Crippen molar-refractivity contribution in [1.82, 2.24) is 10.2 Å². The lowest BCUT2D eigenvalue weighted by Crippen LogP contribution is -2.48. The highest BCUT2D eigenvalue weighted by Crippen LogP contribution is 2.12. The molecule has 23 heavy (non-hydrogen) atoms. The third kappa shape index (κ3) is 7.47. The van der Waals surface area contributed by atoms with Crippen molar-refractivity contribution in [2.24, 2.45) is 5.73 Å². The molecule has 3 amide bonds. The van der Waals surface area contributed by atoms with Gasteiger partial charge in [0.2, 0.25) is 0 Å². The number of rotatable bonds is 5. The second kappa shape index (κ2) is 8.88. The molecule has 0 radical (unpaired) electrons. The van der Waals surface area contributed by atoms with Crippen molar-refractivity contribution in [3.63, 3.8) is 0 Å². The first-order valence-electron chi connectivity index (χ1n) is 7.46. The Morgan fingerprint density at radius 1 is 1.35 bits per heavy atom. The van der Waals surface area contributed by atoms with E-state index in [1.807, 2.05) is 24.3 Å². The number of nitrogens with two attached hydrogens (primary N) is 1. The first-order chi connectivity index (χ1) is 10.7. The Bertz CT molecular complexity index is 544. The third-order valence-electron chi connectivity index (χ3n) is 2.79. The van der Waals surface area contributed by atoms with Crippen molar-refractivity contribution in [2.75, 3.05) is 19.6 Å². The molecule has 0 aliphatic carbocycles. The number of imide groups is 1. The van der Waals surface area contributed by atoms with Crippen molar-refractivity contribution in [2.45, 2.75) is 32.8 Å². The molecule has 0 aliphatic heterocycles. The number of hydrogen-bond donors (Lipinski definition) is 2. The summed E-state index contributed by atoms with van der Waals surface area (Å²) in [4.78, 5) is 25.2. The van der Waals surface area contributed by atoms with E-state index in [0.29, 0.717) is 13.0 Å². The Morgan fingerprint density at radius 3 is 2.61 bits per heavy atom. The molecule has 6 nitrogen and oxygen atoms in total. The van der Waals surface area contributed by atoms with E-state index in [0.717, 1.165) is 14.9 Å². The second-order valence-corrected chi connectivity index (χ2v) is 6.95. The van der Waals surface area contributed by atoms with Crippen molar-refractivity contribution in [3.05, 3.63) is 34.3 Å². The smallest absolute Gasteiger partial charge is 0.418 e. The summed E-state index contributed by atoms with van der Waals surface area (Å²) >= 11 is 3.40. The highest BCUT2D eigenvalue weighted by molar-refractivity contribution is 9.10. The van der Waals surface area contributed by atoms with Crippen LogP contribution in [-0.4, -0.2) is 42.3 Å². The summed E-state index contributed by atoms with van der Waals surface area (Å²) < 4.78 is 6.20. The number of urea groups is 1. The maximum Gasteiger partial charge on any atom is 0.418 e. The molecule has 7 heteroatoms. The minimum atomic E-state index is -0.692. The Labute approximate surface area is 145 Å². The van der Waals surface area contributed by atoms with Gasteiger partial charge in [-0.3, -0.25) is 0 Å². The van der Waals surface area contributed by atoms with Crippen molar-refractivity contribution in [3.8, 4) is 0 Å². The summed E-state index contributed by atoms with van der Waals surface area (Å²) in [5, 5.41) is 2.72. The van der Waals surface area contributed by atoms with Crippen LogP contribution < -0.4 is 11.1 Å². The second-order valence-electron chi connectivity index (χ2n) is 6.03. The number of hydrogen-bond acceptors (Lipinski definition) is 4. The number of carbonyl (C=O) groups is 2. The Hall–Kier alpha value is -1.60. The molecule has 0 unspecified atom stereocenters. The predicted octanol–water partition coefficient (Wildman–Crippen LogP) is 2.90. The zero-order valence-electron chi connectivity index (χ0n) is 13.8. The lowest BCUT2D eigenvalue weighted by Gasteiger charge is -2.26. The van der Waals surface area contributed by atoms with E-state index in [4.69, 9.17) is 10.5 Å². The lowest BCUT2D eigenvalue weighted by atomic mass is 10.1. The molecule has 0 heterocycles. The standard InChI is InChI=1S/C16H24BrN3O3/c1-16(2,3)23-15(22)20(10-8-18)14(21)19-9-7-12-5-4-6-13(17)11-12/h4-6,11H,7-10,18H2,1-3H3,(H,19,21). The summed E-state index contributed by atoms with van der Waals surface area (Å²) in [6.45, 7) is 5.94. The van der Waals surface area contributed by atoms with Gasteiger partial charge in [0.1, 0.15) is 5.60 Å². The van der Waals surface area contributed by atoms with Crippen LogP contribution in [0.1, 0.15) is 26.3 Å². The molecule has 0 fully saturated rings. The van der Waals surface area contributed by atoms with Crippen LogP contribution in [0.4, 0.5) is 9.59 Å². The van der Waals surface area contributed by atoms with Gasteiger partial charge in [-0.1, -0.05) is 28.1 Å². The molecule has 0 aliphatic rings. The quantitative estimate of drug-likeness (QED) is 0.815. The molecule has 1 aromatic rings. The molecular formula is C16H24BrN3O3. The minimum Gasteiger partial charge on any atom is -0.443 e. The van der Waals surface area contributed by atoms with Crippen LogP contribution in [0.15, 0.2) is 28.7 Å². The van der Waals surface area contributed by atoms with Gasteiger partial charge in [-0.15, -0.1) is 0 Å². The zero-order valence-corrected chi connectivity index (χ0v) is 15.4. The topological polar surface area (TPSA) is 84.7 Å². The molecule has 0 bridgehead atoms. The number of ether oxygens (including phenoxy) is 1. The van der Waals surface area contributed by atoms with E-state index in [-0.39, 0.29) is 13.1 Å². The molecule has 0 aromatic heterocycles. The fraction of sp³-hybridized carbons (Fsp3) is 0.500. The third-order valence-corrected chi connectivity index (χ3v) is 3.28. The van der Waals surface area contributed by atoms with Crippen LogP contribution in [0, 0.1) is 0 Å². The summed E-state index contributed by atoms with van der Waals surface area (Å²) in [5.74, 6) is 0. The average Bonchev–Trinajstić information content (AvgIpc) is 2.42. The van der Waals surface area contributed by atoms with Crippen molar-refractivity contribution in [1.29, 1.82) is 0 Å². The summed E-state index contributed by atoms with van der Waals surface area (Å²) in [5.41, 5.74) is 5.89. The van der Waals surface area contributed by atoms with Gasteiger partial charge in [0.25, 0.3) is 0 Å². The fourth-order valence-corrected chi connectivity index (χ4v) is 2.27. The number of halogens is 1. The average molecular weight is 386 g/mol. The summed E-state index contributed by atoms with van der Waals surface area (Å²) in [6.07, 6.45) is -0.0291. The SMILES string of the molecule is CC(C)(C)OC(=O)N(CCN)C(=O)NCCc1cccc(Br)c1. The highest BCUT2D eigenvalue weighted by atomic mass is 79.9. The van der Waals surface area contributed by atoms with E-state index < -0.39 is 17.7 Å². The number of benzene rings is 1. The van der Waals surface area contributed by atoms with Crippen LogP contribution in [0.5, 0.6) is 0 Å². The highest BCUT2D eigenvalue weighted by Gasteiger charge is 2.26. The summed E-state index contributed by atoms with van der Waals surface area (Å²) in [6, 6.07) is 7.33. The largest absolute Gasteiger partial charge is 0.443 e. The van der Waals surface area contributed by atoms with E-state index >= 15 is 0 Å². The van der Waals surface area contributed by atoms with Crippen molar-refractivity contribution < 1.29 is 14.3 Å². The van der Waals surface area contributed by atoms with Crippen LogP contribution in [0.3, 0.4) is 0 Å². The molecular weight excluding hydrogens is 362 g/mol. The lowest BCUT2D eigenvalue weighted by molar-refractivity contribution is 0.0325. The van der Waals surface area contributed by atoms with Gasteiger partial charge in [0.05, 0.1) is 0 Å². The van der Waals surface area contributed by atoms with Crippen LogP contribution in [-0.2, 0) is 11.2 Å². The van der Waals surface area contributed by atoms with Gasteiger partial charge in [0, 0.05) is 24.1 Å². The maximum absolute atomic E-state index is 12.2. The number of nitrogens with one attached hydrogen (secondary N) is 1. The van der Waals surface area contributed by atoms with Crippen LogP contribution >= 0.6 is 15.9 Å². The molecule has 0 saturated carbocycles. The van der Waals surface area contributed by atoms with Gasteiger partial charge in [-0.05, 0) is 44.9 Å². The first-order valence-corrected chi connectivity index (χ1v) is 8.25. The van der Waals surface area contributed by atoms with Crippen LogP contribution in [0.2, 0.25) is 0 Å². The van der Waals surface area contributed by atoms with E-state index in [1.54, 1.807) is 20.8 Å². The fourth-order valence-electron chi connectivity index (χ4n) is 1.82. The minimum absolute atomic E-state index is 0.109. The first kappa shape index (κ1) is 19.4. The van der Waals surface area contributed by atoms with E-state index in [2.05, 4.69) is 21.2 Å². The van der Waals surface area contributed by atoms with Gasteiger partial charge >= 0.3 is 12.1 Å². The van der Waals surface area contributed by atoms with E-state index in [1.165, 1.54) is 0 Å². The van der Waals surface area contributed by atoms with Gasteiger partial charge in [-0.2, -0.15) is 0 Å². The molecule has 0 spiro atoms. The molecule has 1 rings (SSSR count). The number of amides is 3. The molecule has 3 N–H and O–H groups in total. The maximum atomic E-state index is 12.2. The summed E-state index contributed by atoms with van der Waals surface area (Å²) in [7, 11) is 0.